The van der Waals surface area contributed by atoms with E-state index >= 15 is 0 Å². The summed E-state index contributed by atoms with van der Waals surface area (Å²) in [6.45, 7) is 9.37. The molecule has 1 aliphatic rings. The predicted molar refractivity (Wildman–Crippen MR) is 94.4 cm³/mol. The van der Waals surface area contributed by atoms with Crippen LogP contribution in [-0.2, 0) is 16.6 Å². The molecule has 0 amide bonds. The normalized spacial score (nSPS) is 20.4. The number of H-pyrrole nitrogens is 1. The molecule has 2 aromatic heterocycles. The van der Waals surface area contributed by atoms with Gasteiger partial charge in [0.2, 0.25) is 0 Å². The van der Waals surface area contributed by atoms with E-state index in [1.54, 1.807) is 24.9 Å². The summed E-state index contributed by atoms with van der Waals surface area (Å²) in [5.41, 5.74) is 0. The molecule has 1 atom stereocenters. The summed E-state index contributed by atoms with van der Waals surface area (Å²) in [6, 6.07) is -0.0683. The van der Waals surface area contributed by atoms with E-state index in [9.17, 15) is 8.42 Å². The van der Waals surface area contributed by atoms with Gasteiger partial charge in [0.05, 0.1) is 12.4 Å². The Morgan fingerprint density at radius 3 is 2.76 bits per heavy atom. The van der Waals surface area contributed by atoms with Crippen molar-refractivity contribution < 1.29 is 8.42 Å². The smallest absolute Gasteiger partial charge is 0.262 e. The van der Waals surface area contributed by atoms with Gasteiger partial charge >= 0.3 is 0 Å². The van der Waals surface area contributed by atoms with E-state index in [0.717, 1.165) is 18.9 Å². The molecule has 138 valence electrons. The number of imidazole rings is 2. The zero-order chi connectivity index (χ0) is 18.0. The van der Waals surface area contributed by atoms with Gasteiger partial charge in [0, 0.05) is 44.8 Å². The number of likely N-dealkylation sites (N-methyl/N-ethyl adjacent to an activating group) is 1. The summed E-state index contributed by atoms with van der Waals surface area (Å²) < 4.78 is 29.4. The molecule has 2 aromatic rings. The van der Waals surface area contributed by atoms with Gasteiger partial charge in [0.25, 0.3) is 10.0 Å². The van der Waals surface area contributed by atoms with E-state index in [-0.39, 0.29) is 11.1 Å². The van der Waals surface area contributed by atoms with Crippen LogP contribution in [0.15, 0.2) is 29.9 Å². The molecule has 0 radical (unpaired) electrons. The van der Waals surface area contributed by atoms with E-state index in [1.807, 2.05) is 4.57 Å². The molecule has 0 bridgehead atoms. The van der Waals surface area contributed by atoms with E-state index in [4.69, 9.17) is 0 Å². The lowest BCUT2D eigenvalue weighted by molar-refractivity contribution is 0.119. The van der Waals surface area contributed by atoms with Crippen LogP contribution in [0.1, 0.15) is 32.6 Å². The lowest BCUT2D eigenvalue weighted by atomic mass is 10.2. The van der Waals surface area contributed by atoms with E-state index < -0.39 is 10.0 Å². The molecule has 3 heterocycles. The molecule has 25 heavy (non-hydrogen) atoms. The number of nitrogens with one attached hydrogen (secondary N) is 1. The molecule has 1 aliphatic heterocycles. The molecule has 0 spiro atoms. The Bertz CT molecular complexity index is 783. The van der Waals surface area contributed by atoms with Crippen LogP contribution >= 0.6 is 0 Å². The van der Waals surface area contributed by atoms with Gasteiger partial charge in [-0.2, -0.15) is 4.31 Å². The number of hydrogen-bond donors (Lipinski definition) is 1. The molecule has 0 aromatic carbocycles. The second kappa shape index (κ2) is 7.27. The molecule has 3 rings (SSSR count). The fourth-order valence-electron chi connectivity index (χ4n) is 3.24. The zero-order valence-electron chi connectivity index (χ0n) is 15.0. The van der Waals surface area contributed by atoms with Gasteiger partial charge in [-0.25, -0.2) is 18.4 Å². The van der Waals surface area contributed by atoms with Crippen molar-refractivity contribution in [3.8, 4) is 0 Å². The number of hydrogen-bond acceptors (Lipinski definition) is 5. The summed E-state index contributed by atoms with van der Waals surface area (Å²) in [6.07, 6.45) is 6.69. The summed E-state index contributed by atoms with van der Waals surface area (Å²) in [5, 5.41) is 0.122. The Kier molecular flexibility index (Phi) is 5.26. The summed E-state index contributed by atoms with van der Waals surface area (Å²) in [4.78, 5) is 13.8. The van der Waals surface area contributed by atoms with Crippen LogP contribution in [0.25, 0.3) is 0 Å². The third-order valence-corrected chi connectivity index (χ3v) is 6.24. The van der Waals surface area contributed by atoms with Crippen LogP contribution in [0.2, 0.25) is 0 Å². The van der Waals surface area contributed by atoms with Crippen molar-refractivity contribution >= 4 is 10.0 Å². The number of aromatic amines is 1. The van der Waals surface area contributed by atoms with E-state index in [0.29, 0.717) is 25.6 Å². The van der Waals surface area contributed by atoms with Gasteiger partial charge < -0.3 is 9.55 Å². The Morgan fingerprint density at radius 2 is 2.12 bits per heavy atom. The van der Waals surface area contributed by atoms with Crippen LogP contribution in [-0.4, -0.2) is 63.3 Å². The first-order valence-corrected chi connectivity index (χ1v) is 10.1. The fraction of sp³-hybridized carbons (Fsp3) is 0.625. The summed E-state index contributed by atoms with van der Waals surface area (Å²) in [5.74, 6) is 1.23. The van der Waals surface area contributed by atoms with Gasteiger partial charge in [-0.05, 0) is 12.5 Å². The van der Waals surface area contributed by atoms with Crippen molar-refractivity contribution in [3.05, 3.63) is 30.7 Å². The van der Waals surface area contributed by atoms with Crippen molar-refractivity contribution in [2.45, 2.75) is 38.4 Å². The maximum absolute atomic E-state index is 13.0. The Balaban J connectivity index is 1.81. The van der Waals surface area contributed by atoms with Crippen molar-refractivity contribution in [1.29, 1.82) is 0 Å². The largest absolute Gasteiger partial charge is 0.347 e. The SMILES string of the molecule is CCN1CCN(S(=O)(=O)c2cn(CC(C)C)cn2)CC1c1ncc[nH]1. The van der Waals surface area contributed by atoms with Crippen LogP contribution in [0.3, 0.4) is 0 Å². The van der Waals surface area contributed by atoms with E-state index in [1.165, 1.54) is 4.31 Å². The molecule has 8 nitrogen and oxygen atoms in total. The van der Waals surface area contributed by atoms with Crippen molar-refractivity contribution in [3.63, 3.8) is 0 Å². The molecule has 9 heteroatoms. The molecule has 1 saturated heterocycles. The van der Waals surface area contributed by atoms with Gasteiger partial charge in [-0.3, -0.25) is 4.90 Å². The highest BCUT2D eigenvalue weighted by atomic mass is 32.2. The average Bonchev–Trinajstić information content (AvgIpc) is 3.25. The summed E-state index contributed by atoms with van der Waals surface area (Å²) in [7, 11) is -3.60. The minimum Gasteiger partial charge on any atom is -0.347 e. The van der Waals surface area contributed by atoms with Gasteiger partial charge in [0.15, 0.2) is 5.03 Å². The lowest BCUT2D eigenvalue weighted by Crippen LogP contribution is -2.50. The highest BCUT2D eigenvalue weighted by Crippen LogP contribution is 2.26. The first kappa shape index (κ1) is 18.1. The van der Waals surface area contributed by atoms with Gasteiger partial charge in [0.1, 0.15) is 5.82 Å². The minimum atomic E-state index is -3.60. The first-order valence-electron chi connectivity index (χ1n) is 8.67. The quantitative estimate of drug-likeness (QED) is 0.833. The molecule has 0 saturated carbocycles. The molecule has 1 fully saturated rings. The molecular formula is C16H26N6O2S. The van der Waals surface area contributed by atoms with Crippen LogP contribution in [0.5, 0.6) is 0 Å². The third-order valence-electron chi connectivity index (χ3n) is 4.48. The van der Waals surface area contributed by atoms with Crippen LogP contribution in [0.4, 0.5) is 0 Å². The fourth-order valence-corrected chi connectivity index (χ4v) is 4.61. The van der Waals surface area contributed by atoms with Gasteiger partial charge in [-0.1, -0.05) is 20.8 Å². The minimum absolute atomic E-state index is 0.0683. The Labute approximate surface area is 148 Å². The van der Waals surface area contributed by atoms with Gasteiger partial charge in [-0.15, -0.1) is 0 Å². The maximum atomic E-state index is 13.0. The van der Waals surface area contributed by atoms with E-state index in [2.05, 4.69) is 40.6 Å². The number of aromatic nitrogens is 4. The topological polar surface area (TPSA) is 87.1 Å². The highest BCUT2D eigenvalue weighted by Gasteiger charge is 2.36. The summed E-state index contributed by atoms with van der Waals surface area (Å²) >= 11 is 0. The Morgan fingerprint density at radius 1 is 1.32 bits per heavy atom. The molecule has 1 N–H and O–H groups in total. The van der Waals surface area contributed by atoms with Crippen LogP contribution in [0, 0.1) is 5.92 Å². The average molecular weight is 366 g/mol. The molecule has 0 aliphatic carbocycles. The second-order valence-electron chi connectivity index (χ2n) is 6.78. The number of sulfonamides is 1. The third kappa shape index (κ3) is 3.78. The molecular weight excluding hydrogens is 340 g/mol. The standard InChI is InChI=1S/C16H26N6O2S/c1-4-21-7-8-22(10-14(21)16-17-5-6-18-16)25(23,24)15-11-20(12-19-15)9-13(2)3/h5-6,11-14H,4,7-10H2,1-3H3,(H,17,18). The zero-order valence-corrected chi connectivity index (χ0v) is 15.8. The van der Waals surface area contributed by atoms with Crippen molar-refractivity contribution in [2.75, 3.05) is 26.2 Å². The second-order valence-corrected chi connectivity index (χ2v) is 8.67. The first-order chi connectivity index (χ1) is 11.9. The Hall–Kier alpha value is -1.71. The van der Waals surface area contributed by atoms with Crippen molar-refractivity contribution in [1.82, 2.24) is 28.7 Å². The van der Waals surface area contributed by atoms with Crippen LogP contribution < -0.4 is 0 Å². The maximum Gasteiger partial charge on any atom is 0.262 e. The number of rotatable bonds is 6. The monoisotopic (exact) mass is 366 g/mol. The number of nitrogens with zero attached hydrogens (tertiary/aromatic N) is 5. The highest BCUT2D eigenvalue weighted by molar-refractivity contribution is 7.89. The lowest BCUT2D eigenvalue weighted by Gasteiger charge is -2.38. The number of piperazine rings is 1. The molecule has 1 unspecified atom stereocenters. The predicted octanol–water partition coefficient (Wildman–Crippen LogP) is 1.33. The van der Waals surface area contributed by atoms with Crippen molar-refractivity contribution in [2.24, 2.45) is 5.92 Å².